The quantitative estimate of drug-likeness (QED) is 0.424. The maximum absolute atomic E-state index is 11.2. The first-order valence-corrected chi connectivity index (χ1v) is 4.47. The minimum Gasteiger partial charge on any atom is -0.296 e. The van der Waals surface area contributed by atoms with E-state index in [0.29, 0.717) is 0 Å². The van der Waals surface area contributed by atoms with Crippen LogP contribution in [0.2, 0.25) is 0 Å². The van der Waals surface area contributed by atoms with Crippen LogP contribution < -0.4 is 0 Å². The lowest BCUT2D eigenvalue weighted by atomic mass is 9.66. The number of rotatable bonds is 0. The maximum atomic E-state index is 11.2. The van der Waals surface area contributed by atoms with E-state index in [2.05, 4.69) is 0 Å². The molecule has 2 rings (SSSR count). The normalized spacial score (nSPS) is 39.6. The Labute approximate surface area is 75.4 Å². The summed E-state index contributed by atoms with van der Waals surface area (Å²) in [6, 6.07) is 0. The molecule has 2 unspecified atom stereocenters. The number of carbonyl (C=O) groups excluding carboxylic acids is 1. The van der Waals surface area contributed by atoms with Crippen molar-refractivity contribution in [3.8, 4) is 0 Å². The average Bonchev–Trinajstić information content (AvgIpc) is 2.04. The van der Waals surface area contributed by atoms with E-state index in [1.165, 1.54) is 0 Å². The zero-order valence-corrected chi connectivity index (χ0v) is 7.40. The summed E-state index contributed by atoms with van der Waals surface area (Å²) in [5.41, 5.74) is 0. The molecule has 0 spiro atoms. The molecule has 3 heteroatoms. The van der Waals surface area contributed by atoms with Crippen LogP contribution in [0, 0.1) is 11.8 Å². The fraction of sp³-hybridized carbons (Fsp3) is 0.625. The molecule has 0 N–H and O–H groups in total. The van der Waals surface area contributed by atoms with E-state index in [9.17, 15) is 4.79 Å². The largest absolute Gasteiger partial charge is 0.296 e. The smallest absolute Gasteiger partial charge is 0.180 e. The Hall–Kier alpha value is -0.0100. The van der Waals surface area contributed by atoms with Gasteiger partial charge in [-0.05, 0) is 12.8 Å². The SMILES string of the molecule is O=C1C2CC=CCC2C1(Cl)Cl. The Morgan fingerprint density at radius 1 is 1.36 bits per heavy atom. The van der Waals surface area contributed by atoms with Crippen molar-refractivity contribution in [3.05, 3.63) is 12.2 Å². The van der Waals surface area contributed by atoms with Crippen LogP contribution in [-0.4, -0.2) is 10.1 Å². The van der Waals surface area contributed by atoms with E-state index >= 15 is 0 Å². The lowest BCUT2D eigenvalue weighted by Gasteiger charge is -2.46. The van der Waals surface area contributed by atoms with Crippen molar-refractivity contribution >= 4 is 29.0 Å². The van der Waals surface area contributed by atoms with Gasteiger partial charge in [0.2, 0.25) is 0 Å². The van der Waals surface area contributed by atoms with Gasteiger partial charge in [0.15, 0.2) is 10.1 Å². The van der Waals surface area contributed by atoms with Crippen LogP contribution >= 0.6 is 23.2 Å². The molecule has 2 aliphatic carbocycles. The number of hydrogen-bond acceptors (Lipinski definition) is 1. The van der Waals surface area contributed by atoms with Crippen LogP contribution in [0.25, 0.3) is 0 Å². The second kappa shape index (κ2) is 2.24. The van der Waals surface area contributed by atoms with Crippen molar-refractivity contribution in [3.63, 3.8) is 0 Å². The molecule has 0 aromatic rings. The molecule has 1 fully saturated rings. The van der Waals surface area contributed by atoms with Gasteiger partial charge in [-0.15, -0.1) is 0 Å². The number of fused-ring (bicyclic) bond motifs is 1. The lowest BCUT2D eigenvalue weighted by molar-refractivity contribution is -0.135. The van der Waals surface area contributed by atoms with Gasteiger partial charge in [0, 0.05) is 11.8 Å². The number of ketones is 1. The van der Waals surface area contributed by atoms with Gasteiger partial charge in [0.1, 0.15) is 0 Å². The second-order valence-corrected chi connectivity index (χ2v) is 4.53. The summed E-state index contributed by atoms with van der Waals surface area (Å²) in [5, 5.41) is 0. The minimum atomic E-state index is -1.07. The molecule has 2 aliphatic rings. The third kappa shape index (κ3) is 0.875. The summed E-state index contributed by atoms with van der Waals surface area (Å²) in [4.78, 5) is 11.2. The molecule has 0 aromatic heterocycles. The molecule has 0 amide bonds. The van der Waals surface area contributed by atoms with Crippen LogP contribution in [0.3, 0.4) is 0 Å². The highest BCUT2D eigenvalue weighted by atomic mass is 35.5. The molecule has 11 heavy (non-hydrogen) atoms. The maximum Gasteiger partial charge on any atom is 0.180 e. The Morgan fingerprint density at radius 3 is 2.64 bits per heavy atom. The van der Waals surface area contributed by atoms with Crippen molar-refractivity contribution in [2.24, 2.45) is 11.8 Å². The Morgan fingerprint density at radius 2 is 2.00 bits per heavy atom. The van der Waals surface area contributed by atoms with E-state index in [1.54, 1.807) is 0 Å². The molecule has 0 aliphatic heterocycles. The van der Waals surface area contributed by atoms with E-state index in [1.807, 2.05) is 12.2 Å². The van der Waals surface area contributed by atoms with Gasteiger partial charge in [-0.2, -0.15) is 0 Å². The van der Waals surface area contributed by atoms with Gasteiger partial charge in [0.05, 0.1) is 0 Å². The first kappa shape index (κ1) is 7.63. The summed E-state index contributed by atoms with van der Waals surface area (Å²) < 4.78 is -1.07. The van der Waals surface area contributed by atoms with Crippen molar-refractivity contribution in [1.82, 2.24) is 0 Å². The molecular formula is C8H8Cl2O. The Balaban J connectivity index is 2.24. The number of halogens is 2. The van der Waals surface area contributed by atoms with Crippen molar-refractivity contribution < 1.29 is 4.79 Å². The van der Waals surface area contributed by atoms with Gasteiger partial charge in [-0.3, -0.25) is 4.79 Å². The molecule has 0 heterocycles. The fourth-order valence-electron chi connectivity index (χ4n) is 1.84. The van der Waals surface area contributed by atoms with Crippen LogP contribution in [0.5, 0.6) is 0 Å². The van der Waals surface area contributed by atoms with Crippen LogP contribution in [0.15, 0.2) is 12.2 Å². The zero-order chi connectivity index (χ0) is 8.06. The predicted molar refractivity (Wildman–Crippen MR) is 44.8 cm³/mol. The molecule has 1 nitrogen and oxygen atoms in total. The summed E-state index contributed by atoms with van der Waals surface area (Å²) >= 11 is 11.6. The predicted octanol–water partition coefficient (Wildman–Crippen LogP) is 2.33. The topological polar surface area (TPSA) is 17.1 Å². The van der Waals surface area contributed by atoms with E-state index in [0.717, 1.165) is 12.8 Å². The monoisotopic (exact) mass is 190 g/mol. The summed E-state index contributed by atoms with van der Waals surface area (Å²) in [6.07, 6.45) is 5.75. The molecule has 0 bridgehead atoms. The summed E-state index contributed by atoms with van der Waals surface area (Å²) in [6.45, 7) is 0. The molecular weight excluding hydrogens is 183 g/mol. The first-order chi connectivity index (χ1) is 5.14. The average molecular weight is 191 g/mol. The Bertz CT molecular complexity index is 232. The molecule has 0 aromatic carbocycles. The summed E-state index contributed by atoms with van der Waals surface area (Å²) in [5.74, 6) is 0.286. The summed E-state index contributed by atoms with van der Waals surface area (Å²) in [7, 11) is 0. The van der Waals surface area contributed by atoms with Gasteiger partial charge >= 0.3 is 0 Å². The van der Waals surface area contributed by atoms with Crippen molar-refractivity contribution in [2.45, 2.75) is 17.2 Å². The molecule has 60 valence electrons. The highest BCUT2D eigenvalue weighted by Gasteiger charge is 2.59. The second-order valence-electron chi connectivity index (χ2n) is 3.14. The standard InChI is InChI=1S/C8H8Cl2O/c9-8(10)6-4-2-1-3-5(6)7(8)11/h1-2,5-6H,3-4H2. The van der Waals surface area contributed by atoms with E-state index < -0.39 is 4.33 Å². The highest BCUT2D eigenvalue weighted by Crippen LogP contribution is 2.53. The molecule has 0 radical (unpaired) electrons. The van der Waals surface area contributed by atoms with Crippen LogP contribution in [0.4, 0.5) is 0 Å². The first-order valence-electron chi connectivity index (χ1n) is 3.71. The van der Waals surface area contributed by atoms with Gasteiger partial charge < -0.3 is 0 Å². The lowest BCUT2D eigenvalue weighted by Crippen LogP contribution is -2.56. The third-order valence-electron chi connectivity index (χ3n) is 2.56. The van der Waals surface area contributed by atoms with Crippen LogP contribution in [-0.2, 0) is 4.79 Å². The number of alkyl halides is 2. The minimum absolute atomic E-state index is 0.00943. The van der Waals surface area contributed by atoms with E-state index in [4.69, 9.17) is 23.2 Å². The van der Waals surface area contributed by atoms with Crippen molar-refractivity contribution in [1.29, 1.82) is 0 Å². The Kier molecular flexibility index (Phi) is 1.55. The number of allylic oxidation sites excluding steroid dienone is 2. The van der Waals surface area contributed by atoms with E-state index in [-0.39, 0.29) is 17.6 Å². The number of carbonyl (C=O) groups is 1. The van der Waals surface area contributed by atoms with Gasteiger partial charge in [0.25, 0.3) is 0 Å². The van der Waals surface area contributed by atoms with Gasteiger partial charge in [-0.25, -0.2) is 0 Å². The molecule has 0 saturated heterocycles. The zero-order valence-electron chi connectivity index (χ0n) is 5.89. The van der Waals surface area contributed by atoms with Gasteiger partial charge in [-0.1, -0.05) is 35.4 Å². The van der Waals surface area contributed by atoms with Crippen LogP contribution in [0.1, 0.15) is 12.8 Å². The third-order valence-corrected chi connectivity index (χ3v) is 3.50. The van der Waals surface area contributed by atoms with Crippen molar-refractivity contribution in [2.75, 3.05) is 0 Å². The fourth-order valence-corrected chi connectivity index (χ4v) is 2.60. The number of hydrogen-bond donors (Lipinski definition) is 0. The molecule has 1 saturated carbocycles. The highest BCUT2D eigenvalue weighted by molar-refractivity contribution is 6.60. The number of Topliss-reactive ketones (excluding diaryl/α,β-unsaturated/α-hetero) is 1. The molecule has 2 atom stereocenters.